The van der Waals surface area contributed by atoms with E-state index in [2.05, 4.69) is 10.3 Å². The first-order valence-electron chi connectivity index (χ1n) is 8.29. The number of hydrogen-bond acceptors (Lipinski definition) is 3. The van der Waals surface area contributed by atoms with Crippen molar-refractivity contribution < 1.29 is 9.53 Å². The molecule has 0 radical (unpaired) electrons. The summed E-state index contributed by atoms with van der Waals surface area (Å²) in [4.78, 5) is 16.5. The molecule has 1 aliphatic heterocycles. The molecule has 2 heterocycles. The van der Waals surface area contributed by atoms with Gasteiger partial charge in [-0.05, 0) is 60.7 Å². The zero-order valence-electron chi connectivity index (χ0n) is 14.2. The molecule has 130 valence electrons. The molecular formula is C20H21ClN2O2. The van der Waals surface area contributed by atoms with E-state index >= 15 is 0 Å². The molecule has 1 N–H and O–H groups in total. The van der Waals surface area contributed by atoms with Crippen molar-refractivity contribution in [3.8, 4) is 0 Å². The van der Waals surface area contributed by atoms with Crippen LogP contribution in [0.25, 0.3) is 6.08 Å². The van der Waals surface area contributed by atoms with Gasteiger partial charge in [-0.2, -0.15) is 0 Å². The van der Waals surface area contributed by atoms with Crippen LogP contribution >= 0.6 is 11.6 Å². The first-order valence-corrected chi connectivity index (χ1v) is 8.67. The van der Waals surface area contributed by atoms with Crippen LogP contribution in [0.4, 0.5) is 0 Å². The van der Waals surface area contributed by atoms with Crippen molar-refractivity contribution in [3.05, 3.63) is 70.5 Å². The molecule has 1 aliphatic rings. The van der Waals surface area contributed by atoms with Crippen molar-refractivity contribution in [2.45, 2.75) is 25.3 Å². The molecule has 1 fully saturated rings. The van der Waals surface area contributed by atoms with E-state index in [1.54, 1.807) is 24.5 Å². The summed E-state index contributed by atoms with van der Waals surface area (Å²) in [6.45, 7) is 3.14. The Morgan fingerprint density at radius 2 is 2.16 bits per heavy atom. The number of ether oxygens (including phenoxy) is 1. The summed E-state index contributed by atoms with van der Waals surface area (Å²) < 4.78 is 5.56. The second kappa shape index (κ2) is 7.81. The van der Waals surface area contributed by atoms with Gasteiger partial charge >= 0.3 is 0 Å². The van der Waals surface area contributed by atoms with E-state index in [4.69, 9.17) is 16.3 Å². The normalized spacial score (nSPS) is 20.1. The Morgan fingerprint density at radius 1 is 1.36 bits per heavy atom. The van der Waals surface area contributed by atoms with E-state index in [1.807, 2.05) is 37.3 Å². The molecule has 1 aromatic heterocycles. The summed E-state index contributed by atoms with van der Waals surface area (Å²) in [6.07, 6.45) is 8.36. The fourth-order valence-corrected chi connectivity index (χ4v) is 3.15. The van der Waals surface area contributed by atoms with Crippen LogP contribution in [-0.2, 0) is 16.0 Å². The van der Waals surface area contributed by atoms with Crippen LogP contribution in [0.1, 0.15) is 23.1 Å². The van der Waals surface area contributed by atoms with Gasteiger partial charge in [-0.3, -0.25) is 9.78 Å². The van der Waals surface area contributed by atoms with Gasteiger partial charge in [0.25, 0.3) is 0 Å². The predicted molar refractivity (Wildman–Crippen MR) is 99.5 cm³/mol. The first kappa shape index (κ1) is 17.6. The van der Waals surface area contributed by atoms with Crippen molar-refractivity contribution in [1.29, 1.82) is 0 Å². The highest BCUT2D eigenvalue weighted by Crippen LogP contribution is 2.24. The highest BCUT2D eigenvalue weighted by Gasteiger charge is 2.36. The van der Waals surface area contributed by atoms with Gasteiger partial charge in [-0.1, -0.05) is 23.7 Å². The van der Waals surface area contributed by atoms with Gasteiger partial charge in [-0.15, -0.1) is 0 Å². The van der Waals surface area contributed by atoms with Gasteiger partial charge in [0.1, 0.15) is 0 Å². The number of carbonyl (C=O) groups is 1. The van der Waals surface area contributed by atoms with Crippen LogP contribution < -0.4 is 5.32 Å². The summed E-state index contributed by atoms with van der Waals surface area (Å²) in [7, 11) is 0. The lowest BCUT2D eigenvalue weighted by atomic mass is 9.90. The molecule has 1 atom stereocenters. The van der Waals surface area contributed by atoms with Crippen molar-refractivity contribution in [2.75, 3.05) is 13.2 Å². The Labute approximate surface area is 152 Å². The third-order valence-corrected chi connectivity index (χ3v) is 4.52. The molecule has 5 heteroatoms. The maximum atomic E-state index is 12.4. The van der Waals surface area contributed by atoms with Crippen LogP contribution in [0.3, 0.4) is 0 Å². The highest BCUT2D eigenvalue weighted by molar-refractivity contribution is 6.30. The number of aromatic nitrogens is 1. The fraction of sp³-hybridized carbons (Fsp3) is 0.300. The van der Waals surface area contributed by atoms with Gasteiger partial charge in [0.05, 0.1) is 12.1 Å². The standard InChI is InChI=1S/C20H21ClN2O2/c1-15-10-17(13-22-12-15)4-7-19(24)23-20(8-9-25-14-20)11-16-2-5-18(21)6-3-16/h2-7,10,12-13H,8-9,11,14H2,1H3,(H,23,24)/b7-4+. The largest absolute Gasteiger partial charge is 0.379 e. The molecule has 4 nitrogen and oxygen atoms in total. The molecule has 3 rings (SSSR count). The zero-order chi connectivity index (χ0) is 17.7. The summed E-state index contributed by atoms with van der Waals surface area (Å²) in [5, 5.41) is 3.84. The zero-order valence-corrected chi connectivity index (χ0v) is 14.9. The highest BCUT2D eigenvalue weighted by atomic mass is 35.5. The maximum absolute atomic E-state index is 12.4. The summed E-state index contributed by atoms with van der Waals surface area (Å²) in [5.41, 5.74) is 2.72. The Balaban J connectivity index is 1.68. The molecule has 1 unspecified atom stereocenters. The fourth-order valence-electron chi connectivity index (χ4n) is 3.03. The Kier molecular flexibility index (Phi) is 5.51. The number of amides is 1. The van der Waals surface area contributed by atoms with Gasteiger partial charge in [0, 0.05) is 30.1 Å². The summed E-state index contributed by atoms with van der Waals surface area (Å²) >= 11 is 5.95. The quantitative estimate of drug-likeness (QED) is 0.833. The van der Waals surface area contributed by atoms with Crippen molar-refractivity contribution in [1.82, 2.24) is 10.3 Å². The van der Waals surface area contributed by atoms with Gasteiger partial charge in [0.2, 0.25) is 5.91 Å². The number of benzene rings is 1. The second-order valence-electron chi connectivity index (χ2n) is 6.50. The van der Waals surface area contributed by atoms with Crippen molar-refractivity contribution in [2.24, 2.45) is 0 Å². The van der Waals surface area contributed by atoms with E-state index < -0.39 is 0 Å². The monoisotopic (exact) mass is 356 g/mol. The van der Waals surface area contributed by atoms with Gasteiger partial charge < -0.3 is 10.1 Å². The smallest absolute Gasteiger partial charge is 0.244 e. The number of rotatable bonds is 5. The van der Waals surface area contributed by atoms with Crippen LogP contribution in [0.5, 0.6) is 0 Å². The first-order chi connectivity index (χ1) is 12.0. The lowest BCUT2D eigenvalue weighted by molar-refractivity contribution is -0.118. The van der Waals surface area contributed by atoms with Gasteiger partial charge in [-0.25, -0.2) is 0 Å². The average molecular weight is 357 g/mol. The summed E-state index contributed by atoms with van der Waals surface area (Å²) in [6, 6.07) is 9.70. The lowest BCUT2D eigenvalue weighted by Crippen LogP contribution is -2.50. The van der Waals surface area contributed by atoms with E-state index in [1.165, 1.54) is 0 Å². The molecule has 0 spiro atoms. The Bertz CT molecular complexity index is 766. The van der Waals surface area contributed by atoms with Gasteiger partial charge in [0.15, 0.2) is 0 Å². The molecule has 0 bridgehead atoms. The SMILES string of the molecule is Cc1cncc(/C=C/C(=O)NC2(Cc3ccc(Cl)cc3)CCOC2)c1. The third-order valence-electron chi connectivity index (χ3n) is 4.27. The minimum absolute atomic E-state index is 0.124. The average Bonchev–Trinajstić information content (AvgIpc) is 3.03. The van der Waals surface area contributed by atoms with E-state index in [9.17, 15) is 4.79 Å². The summed E-state index contributed by atoms with van der Waals surface area (Å²) in [5.74, 6) is -0.124. The van der Waals surface area contributed by atoms with E-state index in [0.717, 1.165) is 29.5 Å². The number of nitrogens with zero attached hydrogens (tertiary/aromatic N) is 1. The second-order valence-corrected chi connectivity index (χ2v) is 6.94. The number of nitrogens with one attached hydrogen (secondary N) is 1. The predicted octanol–water partition coefficient (Wildman–Crippen LogP) is 3.57. The Hall–Kier alpha value is -2.17. The molecular weight excluding hydrogens is 336 g/mol. The molecule has 0 saturated carbocycles. The molecule has 2 aromatic rings. The molecule has 1 aromatic carbocycles. The topological polar surface area (TPSA) is 51.2 Å². The minimum Gasteiger partial charge on any atom is -0.379 e. The maximum Gasteiger partial charge on any atom is 0.244 e. The number of pyridine rings is 1. The van der Waals surface area contributed by atoms with Crippen LogP contribution in [0, 0.1) is 6.92 Å². The number of hydrogen-bond donors (Lipinski definition) is 1. The van der Waals surface area contributed by atoms with E-state index in [-0.39, 0.29) is 11.4 Å². The molecule has 25 heavy (non-hydrogen) atoms. The molecule has 1 amide bonds. The third kappa shape index (κ3) is 4.91. The number of aryl methyl sites for hydroxylation is 1. The van der Waals surface area contributed by atoms with Crippen molar-refractivity contribution in [3.63, 3.8) is 0 Å². The van der Waals surface area contributed by atoms with E-state index in [0.29, 0.717) is 18.2 Å². The molecule has 1 saturated heterocycles. The number of halogens is 1. The van der Waals surface area contributed by atoms with Crippen LogP contribution in [0.15, 0.2) is 48.8 Å². The van der Waals surface area contributed by atoms with Crippen molar-refractivity contribution >= 4 is 23.6 Å². The van der Waals surface area contributed by atoms with Crippen LogP contribution in [-0.4, -0.2) is 29.6 Å². The van der Waals surface area contributed by atoms with Crippen LogP contribution in [0.2, 0.25) is 5.02 Å². The Morgan fingerprint density at radius 3 is 2.84 bits per heavy atom. The molecule has 0 aliphatic carbocycles. The lowest BCUT2D eigenvalue weighted by Gasteiger charge is -2.28. The minimum atomic E-state index is -0.375. The number of carbonyl (C=O) groups excluding carboxylic acids is 1.